The molecule has 0 bridgehead atoms. The van der Waals surface area contributed by atoms with Crippen LogP contribution in [0, 0.1) is 11.8 Å². The standard InChI is InChI=1S/C12H22N2O3S/c1-9-7-10(9)8-14-11(15)12(18(2,16)17)3-5-13-6-4-12/h9-10,13H,3-8H2,1-2H3,(H,14,15). The van der Waals surface area contributed by atoms with Crippen molar-refractivity contribution in [2.75, 3.05) is 25.9 Å². The summed E-state index contributed by atoms with van der Waals surface area (Å²) in [5.74, 6) is 0.894. The molecule has 0 aromatic rings. The predicted molar refractivity (Wildman–Crippen MR) is 70.0 cm³/mol. The van der Waals surface area contributed by atoms with E-state index in [9.17, 15) is 13.2 Å². The molecule has 1 heterocycles. The first kappa shape index (κ1) is 13.8. The lowest BCUT2D eigenvalue weighted by molar-refractivity contribution is -0.124. The average Bonchev–Trinajstić information content (AvgIpc) is 3.02. The second-order valence-corrected chi connectivity index (χ2v) is 8.03. The highest BCUT2D eigenvalue weighted by atomic mass is 32.2. The van der Waals surface area contributed by atoms with Crippen LogP contribution in [-0.2, 0) is 14.6 Å². The second-order valence-electron chi connectivity index (χ2n) is 5.70. The van der Waals surface area contributed by atoms with Crippen molar-refractivity contribution < 1.29 is 13.2 Å². The minimum Gasteiger partial charge on any atom is -0.354 e. The third kappa shape index (κ3) is 2.54. The molecule has 2 atom stereocenters. The van der Waals surface area contributed by atoms with Crippen molar-refractivity contribution in [2.24, 2.45) is 11.8 Å². The van der Waals surface area contributed by atoms with Gasteiger partial charge >= 0.3 is 0 Å². The lowest BCUT2D eigenvalue weighted by Crippen LogP contribution is -2.57. The van der Waals surface area contributed by atoms with Gasteiger partial charge in [-0.1, -0.05) is 6.92 Å². The molecular weight excluding hydrogens is 252 g/mol. The quantitative estimate of drug-likeness (QED) is 0.752. The Labute approximate surface area is 109 Å². The minimum absolute atomic E-state index is 0.300. The summed E-state index contributed by atoms with van der Waals surface area (Å²) >= 11 is 0. The SMILES string of the molecule is CC1CC1CNC(=O)C1(S(C)(=O)=O)CCNCC1. The molecule has 1 amide bonds. The first-order chi connectivity index (χ1) is 8.37. The van der Waals surface area contributed by atoms with Crippen LogP contribution >= 0.6 is 0 Å². The molecule has 1 saturated heterocycles. The molecule has 1 aliphatic heterocycles. The van der Waals surface area contributed by atoms with Crippen LogP contribution in [0.4, 0.5) is 0 Å². The molecule has 2 aliphatic rings. The Morgan fingerprint density at radius 2 is 1.94 bits per heavy atom. The average molecular weight is 274 g/mol. The van der Waals surface area contributed by atoms with Crippen LogP contribution < -0.4 is 10.6 Å². The maximum absolute atomic E-state index is 12.3. The molecule has 2 rings (SSSR count). The molecule has 2 fully saturated rings. The third-order valence-corrected chi connectivity index (χ3v) is 6.35. The molecule has 0 radical (unpaired) electrons. The zero-order valence-electron chi connectivity index (χ0n) is 11.0. The van der Waals surface area contributed by atoms with E-state index in [2.05, 4.69) is 17.6 Å². The summed E-state index contributed by atoms with van der Waals surface area (Å²) in [7, 11) is -3.38. The van der Waals surface area contributed by atoms with Crippen LogP contribution in [0.3, 0.4) is 0 Å². The molecule has 1 aliphatic carbocycles. The van der Waals surface area contributed by atoms with Gasteiger partial charge in [-0.05, 0) is 44.2 Å². The summed E-state index contributed by atoms with van der Waals surface area (Å²) in [6.07, 6.45) is 3.06. The smallest absolute Gasteiger partial charge is 0.241 e. The summed E-state index contributed by atoms with van der Waals surface area (Å²) in [4.78, 5) is 12.3. The molecule has 18 heavy (non-hydrogen) atoms. The lowest BCUT2D eigenvalue weighted by atomic mass is 9.96. The molecule has 0 aromatic carbocycles. The van der Waals surface area contributed by atoms with Crippen molar-refractivity contribution >= 4 is 15.7 Å². The van der Waals surface area contributed by atoms with E-state index in [0.717, 1.165) is 6.42 Å². The molecule has 2 N–H and O–H groups in total. The van der Waals surface area contributed by atoms with E-state index < -0.39 is 14.6 Å². The number of rotatable bonds is 4. The van der Waals surface area contributed by atoms with E-state index in [4.69, 9.17) is 0 Å². The van der Waals surface area contributed by atoms with Gasteiger partial charge in [0, 0.05) is 12.8 Å². The molecule has 0 aromatic heterocycles. The number of carbonyl (C=O) groups excluding carboxylic acids is 1. The van der Waals surface area contributed by atoms with E-state index >= 15 is 0 Å². The van der Waals surface area contributed by atoms with Gasteiger partial charge in [0.15, 0.2) is 14.6 Å². The molecule has 5 nitrogen and oxygen atoms in total. The van der Waals surface area contributed by atoms with Crippen LogP contribution in [0.5, 0.6) is 0 Å². The van der Waals surface area contributed by atoms with Crippen molar-refractivity contribution in [3.63, 3.8) is 0 Å². The number of hydrogen-bond donors (Lipinski definition) is 2. The fraction of sp³-hybridized carbons (Fsp3) is 0.917. The van der Waals surface area contributed by atoms with E-state index in [1.807, 2.05) is 0 Å². The van der Waals surface area contributed by atoms with Gasteiger partial charge in [0.05, 0.1) is 0 Å². The summed E-state index contributed by atoms with van der Waals surface area (Å²) in [6, 6.07) is 0. The number of sulfone groups is 1. The highest BCUT2D eigenvalue weighted by molar-refractivity contribution is 7.92. The number of hydrogen-bond acceptors (Lipinski definition) is 4. The van der Waals surface area contributed by atoms with Gasteiger partial charge in [0.2, 0.25) is 5.91 Å². The highest BCUT2D eigenvalue weighted by Gasteiger charge is 2.49. The van der Waals surface area contributed by atoms with Crippen LogP contribution in [0.25, 0.3) is 0 Å². The zero-order chi connectivity index (χ0) is 13.4. The number of nitrogens with one attached hydrogen (secondary N) is 2. The lowest BCUT2D eigenvalue weighted by Gasteiger charge is -2.34. The van der Waals surface area contributed by atoms with Crippen LogP contribution in [0.15, 0.2) is 0 Å². The predicted octanol–water partition coefficient (Wildman–Crippen LogP) is -0.0746. The van der Waals surface area contributed by atoms with E-state index in [1.54, 1.807) is 0 Å². The van der Waals surface area contributed by atoms with Gasteiger partial charge in [0.25, 0.3) is 0 Å². The zero-order valence-corrected chi connectivity index (χ0v) is 11.8. The first-order valence-electron chi connectivity index (χ1n) is 6.55. The molecule has 104 valence electrons. The van der Waals surface area contributed by atoms with Crippen LogP contribution in [0.2, 0.25) is 0 Å². The van der Waals surface area contributed by atoms with Gasteiger partial charge in [-0.2, -0.15) is 0 Å². The van der Waals surface area contributed by atoms with E-state index in [1.165, 1.54) is 6.26 Å². The van der Waals surface area contributed by atoms with Gasteiger partial charge in [-0.25, -0.2) is 8.42 Å². The number of carbonyl (C=O) groups is 1. The number of amides is 1. The summed E-state index contributed by atoms with van der Waals surface area (Å²) < 4.78 is 22.8. The van der Waals surface area contributed by atoms with Crippen LogP contribution in [0.1, 0.15) is 26.2 Å². The Bertz CT molecular complexity index is 427. The maximum Gasteiger partial charge on any atom is 0.241 e. The second kappa shape index (κ2) is 4.81. The molecule has 6 heteroatoms. The molecule has 0 spiro atoms. The van der Waals surface area contributed by atoms with E-state index in [0.29, 0.717) is 44.3 Å². The largest absolute Gasteiger partial charge is 0.354 e. The third-order valence-electron chi connectivity index (χ3n) is 4.34. The van der Waals surface area contributed by atoms with Crippen molar-refractivity contribution in [2.45, 2.75) is 30.9 Å². The van der Waals surface area contributed by atoms with Crippen LogP contribution in [-0.4, -0.2) is 45.0 Å². The summed E-state index contributed by atoms with van der Waals surface area (Å²) in [5, 5.41) is 5.95. The Morgan fingerprint density at radius 3 is 2.39 bits per heavy atom. The van der Waals surface area contributed by atoms with Gasteiger partial charge in [0.1, 0.15) is 0 Å². The van der Waals surface area contributed by atoms with Gasteiger partial charge < -0.3 is 10.6 Å². The minimum atomic E-state index is -3.38. The molecular formula is C12H22N2O3S. The molecule has 1 saturated carbocycles. The Kier molecular flexibility index (Phi) is 3.69. The van der Waals surface area contributed by atoms with Crippen molar-refractivity contribution in [1.29, 1.82) is 0 Å². The van der Waals surface area contributed by atoms with Gasteiger partial charge in [-0.15, -0.1) is 0 Å². The fourth-order valence-electron chi connectivity index (χ4n) is 2.67. The van der Waals surface area contributed by atoms with Crippen molar-refractivity contribution in [3.8, 4) is 0 Å². The summed E-state index contributed by atoms with van der Waals surface area (Å²) in [6.45, 7) is 3.93. The van der Waals surface area contributed by atoms with E-state index in [-0.39, 0.29) is 5.91 Å². The van der Waals surface area contributed by atoms with Crippen molar-refractivity contribution in [1.82, 2.24) is 10.6 Å². The van der Waals surface area contributed by atoms with Gasteiger partial charge in [-0.3, -0.25) is 4.79 Å². The fourth-order valence-corrected chi connectivity index (χ4v) is 4.02. The van der Waals surface area contributed by atoms with Crippen molar-refractivity contribution in [3.05, 3.63) is 0 Å². The Hall–Kier alpha value is -0.620. The molecule has 2 unspecified atom stereocenters. The first-order valence-corrected chi connectivity index (χ1v) is 8.44. The Balaban J connectivity index is 2.06. The monoisotopic (exact) mass is 274 g/mol. The number of piperidine rings is 1. The Morgan fingerprint density at radius 1 is 1.39 bits per heavy atom. The highest BCUT2D eigenvalue weighted by Crippen LogP contribution is 2.37. The summed E-state index contributed by atoms with van der Waals surface area (Å²) in [5.41, 5.74) is 0. The normalized spacial score (nSPS) is 30.8. The topological polar surface area (TPSA) is 75.3 Å². The maximum atomic E-state index is 12.3.